The molecule has 0 saturated heterocycles. The summed E-state index contributed by atoms with van der Waals surface area (Å²) in [5, 5.41) is 5.25. The number of benzene rings is 1. The number of hydrogen-bond acceptors (Lipinski definition) is 3. The lowest BCUT2D eigenvalue weighted by Crippen LogP contribution is -2.30. The molecular formula is C15H14F3N3O. The van der Waals surface area contributed by atoms with Gasteiger partial charge in [-0.25, -0.2) is 18.2 Å². The molecule has 1 aromatic heterocycles. The van der Waals surface area contributed by atoms with Gasteiger partial charge in [0.15, 0.2) is 17.5 Å². The smallest absolute Gasteiger partial charge is 0.270 e. The highest BCUT2D eigenvalue weighted by Crippen LogP contribution is 2.23. The summed E-state index contributed by atoms with van der Waals surface area (Å²) in [6, 6.07) is 4.80. The number of carbonyl (C=O) groups is 1. The normalized spacial score (nSPS) is 10.6. The monoisotopic (exact) mass is 309 g/mol. The van der Waals surface area contributed by atoms with E-state index < -0.39 is 17.5 Å². The van der Waals surface area contributed by atoms with Crippen LogP contribution in [0.3, 0.4) is 0 Å². The molecule has 0 aliphatic rings. The van der Waals surface area contributed by atoms with Crippen molar-refractivity contribution in [2.75, 3.05) is 5.32 Å². The van der Waals surface area contributed by atoms with Crippen molar-refractivity contribution in [1.82, 2.24) is 10.3 Å². The fraction of sp³-hybridized carbons (Fsp3) is 0.200. The first kappa shape index (κ1) is 15.8. The van der Waals surface area contributed by atoms with E-state index in [1.165, 1.54) is 18.3 Å². The predicted octanol–water partition coefficient (Wildman–Crippen LogP) is 3.38. The molecule has 7 heteroatoms. The Kier molecular flexibility index (Phi) is 4.65. The van der Waals surface area contributed by atoms with Crippen LogP contribution in [0.25, 0.3) is 0 Å². The van der Waals surface area contributed by atoms with Crippen LogP contribution in [0.15, 0.2) is 30.5 Å². The Bertz CT molecular complexity index is 687. The zero-order valence-corrected chi connectivity index (χ0v) is 12.0. The quantitative estimate of drug-likeness (QED) is 0.851. The molecule has 0 unspecified atom stereocenters. The number of nitrogens with one attached hydrogen (secondary N) is 2. The average molecular weight is 309 g/mol. The molecule has 2 aromatic rings. The predicted molar refractivity (Wildman–Crippen MR) is 76.4 cm³/mol. The van der Waals surface area contributed by atoms with E-state index in [0.29, 0.717) is 5.69 Å². The number of amides is 1. The molecule has 1 amide bonds. The standard InChI is InChI=1S/C15H14F3N3O/c1-8(2)20-15(22)12-5-3-9(7-19-12)21-11-6-4-10(16)13(17)14(11)18/h3-8,21H,1-2H3,(H,20,22). The molecular weight excluding hydrogens is 295 g/mol. The first-order valence-electron chi connectivity index (χ1n) is 6.56. The van der Waals surface area contributed by atoms with E-state index in [1.807, 2.05) is 13.8 Å². The maximum Gasteiger partial charge on any atom is 0.270 e. The van der Waals surface area contributed by atoms with Crippen LogP contribution in [0.1, 0.15) is 24.3 Å². The van der Waals surface area contributed by atoms with Crippen molar-refractivity contribution < 1.29 is 18.0 Å². The van der Waals surface area contributed by atoms with Crippen molar-refractivity contribution >= 4 is 17.3 Å². The summed E-state index contributed by atoms with van der Waals surface area (Å²) >= 11 is 0. The molecule has 1 aromatic carbocycles. The Hall–Kier alpha value is -2.57. The first-order chi connectivity index (χ1) is 10.4. The van der Waals surface area contributed by atoms with E-state index in [1.54, 1.807) is 0 Å². The lowest BCUT2D eigenvalue weighted by atomic mass is 10.2. The van der Waals surface area contributed by atoms with E-state index in [0.717, 1.165) is 12.1 Å². The van der Waals surface area contributed by atoms with Gasteiger partial charge in [0.2, 0.25) is 0 Å². The van der Waals surface area contributed by atoms with E-state index in [9.17, 15) is 18.0 Å². The van der Waals surface area contributed by atoms with Gasteiger partial charge in [-0.15, -0.1) is 0 Å². The minimum atomic E-state index is -1.55. The third-order valence-electron chi connectivity index (χ3n) is 2.73. The van der Waals surface area contributed by atoms with Crippen LogP contribution < -0.4 is 10.6 Å². The van der Waals surface area contributed by atoms with Crippen LogP contribution in [-0.2, 0) is 0 Å². The number of carbonyl (C=O) groups excluding carboxylic acids is 1. The summed E-state index contributed by atoms with van der Waals surface area (Å²) < 4.78 is 39.5. The molecule has 4 nitrogen and oxygen atoms in total. The molecule has 22 heavy (non-hydrogen) atoms. The van der Waals surface area contributed by atoms with E-state index in [-0.39, 0.29) is 23.3 Å². The zero-order chi connectivity index (χ0) is 16.3. The number of halogens is 3. The molecule has 116 valence electrons. The minimum Gasteiger partial charge on any atom is -0.352 e. The molecule has 0 bridgehead atoms. The third-order valence-corrected chi connectivity index (χ3v) is 2.73. The molecule has 1 heterocycles. The van der Waals surface area contributed by atoms with Gasteiger partial charge in [0, 0.05) is 6.04 Å². The van der Waals surface area contributed by atoms with E-state index >= 15 is 0 Å². The van der Waals surface area contributed by atoms with Crippen molar-refractivity contribution in [1.29, 1.82) is 0 Å². The molecule has 2 rings (SSSR count). The minimum absolute atomic E-state index is 0.0246. The van der Waals surface area contributed by atoms with Crippen LogP contribution in [0.4, 0.5) is 24.5 Å². The van der Waals surface area contributed by atoms with E-state index in [4.69, 9.17) is 0 Å². The van der Waals surface area contributed by atoms with Crippen LogP contribution >= 0.6 is 0 Å². The molecule has 0 radical (unpaired) electrons. The van der Waals surface area contributed by atoms with Gasteiger partial charge in [-0.3, -0.25) is 4.79 Å². The Balaban J connectivity index is 2.15. The van der Waals surface area contributed by atoms with E-state index in [2.05, 4.69) is 15.6 Å². The van der Waals surface area contributed by atoms with Crippen LogP contribution in [0, 0.1) is 17.5 Å². The number of anilines is 2. The van der Waals surface area contributed by atoms with Gasteiger partial charge >= 0.3 is 0 Å². The molecule has 2 N–H and O–H groups in total. The zero-order valence-electron chi connectivity index (χ0n) is 12.0. The highest BCUT2D eigenvalue weighted by molar-refractivity contribution is 5.92. The first-order valence-corrected chi connectivity index (χ1v) is 6.56. The summed E-state index contributed by atoms with van der Waals surface area (Å²) in [6.45, 7) is 3.64. The fourth-order valence-corrected chi connectivity index (χ4v) is 1.72. The Morgan fingerprint density at radius 3 is 2.41 bits per heavy atom. The number of pyridine rings is 1. The topological polar surface area (TPSA) is 54.0 Å². The molecule has 0 fully saturated rings. The number of hydrogen-bond donors (Lipinski definition) is 2. The van der Waals surface area contributed by atoms with Gasteiger partial charge in [-0.1, -0.05) is 0 Å². The van der Waals surface area contributed by atoms with Crippen molar-refractivity contribution in [2.24, 2.45) is 0 Å². The van der Waals surface area contributed by atoms with Gasteiger partial charge in [-0.2, -0.15) is 0 Å². The number of aromatic nitrogens is 1. The van der Waals surface area contributed by atoms with Crippen molar-refractivity contribution in [3.05, 3.63) is 53.6 Å². The highest BCUT2D eigenvalue weighted by atomic mass is 19.2. The molecule has 0 aliphatic carbocycles. The average Bonchev–Trinajstić information content (AvgIpc) is 2.48. The summed E-state index contributed by atoms with van der Waals surface area (Å²) in [6.07, 6.45) is 1.30. The summed E-state index contributed by atoms with van der Waals surface area (Å²) in [7, 11) is 0. The summed E-state index contributed by atoms with van der Waals surface area (Å²) in [5.74, 6) is -4.46. The molecule has 0 atom stereocenters. The van der Waals surface area contributed by atoms with Crippen molar-refractivity contribution in [3.63, 3.8) is 0 Å². The number of rotatable bonds is 4. The lowest BCUT2D eigenvalue weighted by molar-refractivity contribution is 0.0938. The lowest BCUT2D eigenvalue weighted by Gasteiger charge is -2.10. The SMILES string of the molecule is CC(C)NC(=O)c1ccc(Nc2ccc(F)c(F)c2F)cn1. The molecule has 0 saturated carbocycles. The van der Waals surface area contributed by atoms with Gasteiger partial charge in [0.1, 0.15) is 5.69 Å². The molecule has 0 aliphatic heterocycles. The van der Waals surface area contributed by atoms with Gasteiger partial charge < -0.3 is 10.6 Å². The summed E-state index contributed by atoms with van der Waals surface area (Å²) in [5.41, 5.74) is 0.316. The maximum atomic E-state index is 13.5. The second kappa shape index (κ2) is 6.46. The summed E-state index contributed by atoms with van der Waals surface area (Å²) in [4.78, 5) is 15.6. The highest BCUT2D eigenvalue weighted by Gasteiger charge is 2.14. The maximum absolute atomic E-state index is 13.5. The largest absolute Gasteiger partial charge is 0.352 e. The second-order valence-corrected chi connectivity index (χ2v) is 4.91. The van der Waals surface area contributed by atoms with Crippen molar-refractivity contribution in [3.8, 4) is 0 Å². The van der Waals surface area contributed by atoms with Crippen molar-refractivity contribution in [2.45, 2.75) is 19.9 Å². The Morgan fingerprint density at radius 1 is 1.09 bits per heavy atom. The van der Waals surface area contributed by atoms with Gasteiger partial charge in [-0.05, 0) is 38.1 Å². The fourth-order valence-electron chi connectivity index (χ4n) is 1.72. The van der Waals surface area contributed by atoms with Crippen LogP contribution in [0.2, 0.25) is 0 Å². The number of nitrogens with zero attached hydrogens (tertiary/aromatic N) is 1. The van der Waals surface area contributed by atoms with Crippen LogP contribution in [-0.4, -0.2) is 16.9 Å². The van der Waals surface area contributed by atoms with Gasteiger partial charge in [0.25, 0.3) is 5.91 Å². The van der Waals surface area contributed by atoms with Crippen LogP contribution in [0.5, 0.6) is 0 Å². The Labute approximate surface area is 125 Å². The Morgan fingerprint density at radius 2 is 1.82 bits per heavy atom. The second-order valence-electron chi connectivity index (χ2n) is 4.91. The van der Waals surface area contributed by atoms with Gasteiger partial charge in [0.05, 0.1) is 17.6 Å². The third kappa shape index (κ3) is 3.55. The molecule has 0 spiro atoms.